The molecule has 0 radical (unpaired) electrons. The molecule has 0 aliphatic carbocycles. The van der Waals surface area contributed by atoms with Crippen LogP contribution >= 0.6 is 12.2 Å². The maximum Gasteiger partial charge on any atom is 0.279 e. The van der Waals surface area contributed by atoms with Crippen LogP contribution in [0.15, 0.2) is 60.8 Å². The van der Waals surface area contributed by atoms with Gasteiger partial charge in [-0.05, 0) is 42.0 Å². The van der Waals surface area contributed by atoms with E-state index in [-0.39, 0.29) is 5.56 Å². The Hall–Kier alpha value is -3.19. The lowest BCUT2D eigenvalue weighted by Crippen LogP contribution is -2.47. The number of aromatic nitrogens is 1. The molecule has 0 fully saturated rings. The van der Waals surface area contributed by atoms with E-state index in [4.69, 9.17) is 17.0 Å². The van der Waals surface area contributed by atoms with Crippen molar-refractivity contribution < 1.29 is 14.3 Å². The second-order valence-corrected chi connectivity index (χ2v) is 6.03. The Labute approximate surface area is 155 Å². The van der Waals surface area contributed by atoms with Crippen LogP contribution in [0.2, 0.25) is 0 Å². The van der Waals surface area contributed by atoms with E-state index in [1.807, 2.05) is 36.4 Å². The third-order valence-corrected chi connectivity index (χ3v) is 4.10. The van der Waals surface area contributed by atoms with E-state index < -0.39 is 17.9 Å². The van der Waals surface area contributed by atoms with Crippen LogP contribution in [0.3, 0.4) is 0 Å². The zero-order valence-corrected chi connectivity index (χ0v) is 14.8. The summed E-state index contributed by atoms with van der Waals surface area (Å²) < 4.78 is 5.95. The topological polar surface area (TPSA) is 83.2 Å². The smallest absolute Gasteiger partial charge is 0.279 e. The van der Waals surface area contributed by atoms with Crippen molar-refractivity contribution in [2.75, 3.05) is 0 Å². The molecule has 132 valence electrons. The fourth-order valence-electron chi connectivity index (χ4n) is 2.39. The number of hydrogen-bond acceptors (Lipinski definition) is 4. The first-order chi connectivity index (χ1) is 12.5. The molecular weight excluding hydrogens is 350 g/mol. The van der Waals surface area contributed by atoms with E-state index in [0.717, 1.165) is 10.8 Å². The summed E-state index contributed by atoms with van der Waals surface area (Å²) >= 11 is 5.03. The summed E-state index contributed by atoms with van der Waals surface area (Å²) in [6, 6.07) is 16.7. The number of nitrogens with one attached hydrogen (secondary N) is 3. The average Bonchev–Trinajstić information content (AvgIpc) is 2.66. The maximum absolute atomic E-state index is 12.1. The number of pyridine rings is 1. The van der Waals surface area contributed by atoms with Gasteiger partial charge in [-0.3, -0.25) is 20.4 Å². The quantitative estimate of drug-likeness (QED) is 0.489. The van der Waals surface area contributed by atoms with Crippen LogP contribution in [0, 0.1) is 4.64 Å². The number of hydrogen-bond donors (Lipinski definition) is 3. The molecule has 26 heavy (non-hydrogen) atoms. The Morgan fingerprint density at radius 3 is 2.58 bits per heavy atom. The molecule has 3 N–H and O–H groups in total. The molecule has 0 bridgehead atoms. The van der Waals surface area contributed by atoms with Crippen LogP contribution < -0.4 is 15.6 Å². The molecule has 0 saturated carbocycles. The highest BCUT2D eigenvalue weighted by molar-refractivity contribution is 7.71. The van der Waals surface area contributed by atoms with E-state index in [1.165, 1.54) is 0 Å². The maximum atomic E-state index is 12.1. The highest BCUT2D eigenvalue weighted by Gasteiger charge is 2.16. The van der Waals surface area contributed by atoms with Gasteiger partial charge in [0.05, 0.1) is 5.56 Å². The van der Waals surface area contributed by atoms with Crippen molar-refractivity contribution in [1.82, 2.24) is 15.8 Å². The number of benzene rings is 2. The molecule has 0 spiro atoms. The number of H-pyrrole nitrogens is 1. The van der Waals surface area contributed by atoms with Crippen molar-refractivity contribution in [3.63, 3.8) is 0 Å². The SMILES string of the molecule is CC(Oc1ccc2ccccc2c1)C(=O)NNC(=O)c1ccc[nH]c1=S. The van der Waals surface area contributed by atoms with Gasteiger partial charge in [0.1, 0.15) is 10.4 Å². The number of aromatic amines is 1. The van der Waals surface area contributed by atoms with E-state index in [2.05, 4.69) is 15.8 Å². The third kappa shape index (κ3) is 4.07. The highest BCUT2D eigenvalue weighted by Crippen LogP contribution is 2.21. The number of carbonyl (C=O) groups excluding carboxylic acids is 2. The Morgan fingerprint density at radius 2 is 1.81 bits per heavy atom. The minimum absolute atomic E-state index is 0.269. The number of ether oxygens (including phenoxy) is 1. The van der Waals surface area contributed by atoms with Crippen molar-refractivity contribution in [3.05, 3.63) is 71.0 Å². The number of carbonyl (C=O) groups is 2. The fraction of sp³-hybridized carbons (Fsp3) is 0.105. The van der Waals surface area contributed by atoms with E-state index >= 15 is 0 Å². The number of amides is 2. The molecule has 0 aliphatic heterocycles. The van der Waals surface area contributed by atoms with Gasteiger partial charge in [0.25, 0.3) is 11.8 Å². The first-order valence-electron chi connectivity index (χ1n) is 7.98. The molecule has 1 heterocycles. The molecular formula is C19H17N3O3S. The zero-order valence-electron chi connectivity index (χ0n) is 14.0. The van der Waals surface area contributed by atoms with E-state index in [0.29, 0.717) is 10.4 Å². The monoisotopic (exact) mass is 367 g/mol. The van der Waals surface area contributed by atoms with Crippen molar-refractivity contribution >= 4 is 34.8 Å². The highest BCUT2D eigenvalue weighted by atomic mass is 32.1. The first-order valence-corrected chi connectivity index (χ1v) is 8.39. The second kappa shape index (κ2) is 7.79. The van der Waals surface area contributed by atoms with Crippen LogP contribution in [0.1, 0.15) is 17.3 Å². The van der Waals surface area contributed by atoms with Crippen LogP contribution in [0.25, 0.3) is 10.8 Å². The van der Waals surface area contributed by atoms with E-state index in [1.54, 1.807) is 31.3 Å². The van der Waals surface area contributed by atoms with Gasteiger partial charge < -0.3 is 9.72 Å². The Morgan fingerprint density at radius 1 is 1.04 bits per heavy atom. The summed E-state index contributed by atoms with van der Waals surface area (Å²) in [7, 11) is 0. The average molecular weight is 367 g/mol. The predicted octanol–water partition coefficient (Wildman–Crippen LogP) is 3.13. The predicted molar refractivity (Wildman–Crippen MR) is 101 cm³/mol. The van der Waals surface area contributed by atoms with Crippen LogP contribution in [0.5, 0.6) is 5.75 Å². The first kappa shape index (κ1) is 17.6. The lowest BCUT2D eigenvalue weighted by Gasteiger charge is -2.15. The Kier molecular flexibility index (Phi) is 5.28. The summed E-state index contributed by atoms with van der Waals surface area (Å²) in [5, 5.41) is 2.10. The second-order valence-electron chi connectivity index (χ2n) is 5.63. The van der Waals surface area contributed by atoms with Gasteiger partial charge in [0.15, 0.2) is 6.10 Å². The fourth-order valence-corrected chi connectivity index (χ4v) is 2.61. The molecule has 1 unspecified atom stereocenters. The minimum atomic E-state index is -0.790. The molecule has 0 saturated heterocycles. The van der Waals surface area contributed by atoms with Crippen LogP contribution in [0.4, 0.5) is 0 Å². The Bertz CT molecular complexity index is 1020. The standard InChI is InChI=1S/C19H17N3O3S/c1-12(25-15-9-8-13-5-2-3-6-14(13)11-15)17(23)21-22-18(24)16-7-4-10-20-19(16)26/h2-12H,1H3,(H,20,26)(H,21,23)(H,22,24). The van der Waals surface area contributed by atoms with Gasteiger partial charge in [-0.25, -0.2) is 0 Å². The molecule has 2 aromatic carbocycles. The third-order valence-electron chi connectivity index (χ3n) is 3.77. The summed E-state index contributed by atoms with van der Waals surface area (Å²) in [6.07, 6.45) is 0.832. The summed E-state index contributed by atoms with van der Waals surface area (Å²) in [5.74, 6) is -0.404. The van der Waals surface area contributed by atoms with Crippen LogP contribution in [-0.2, 0) is 4.79 Å². The van der Waals surface area contributed by atoms with Gasteiger partial charge in [-0.1, -0.05) is 42.5 Å². The van der Waals surface area contributed by atoms with Crippen molar-refractivity contribution in [2.24, 2.45) is 0 Å². The van der Waals surface area contributed by atoms with Crippen LogP contribution in [-0.4, -0.2) is 22.9 Å². The molecule has 3 rings (SSSR count). The molecule has 0 aliphatic rings. The lowest BCUT2D eigenvalue weighted by atomic mass is 10.1. The number of rotatable bonds is 4. The van der Waals surface area contributed by atoms with Crippen molar-refractivity contribution in [2.45, 2.75) is 13.0 Å². The number of fused-ring (bicyclic) bond motifs is 1. The van der Waals surface area contributed by atoms with E-state index in [9.17, 15) is 9.59 Å². The summed E-state index contributed by atoms with van der Waals surface area (Å²) in [4.78, 5) is 26.9. The van der Waals surface area contributed by atoms with Gasteiger partial charge in [0, 0.05) is 6.20 Å². The van der Waals surface area contributed by atoms with Gasteiger partial charge in [-0.15, -0.1) is 0 Å². The minimum Gasteiger partial charge on any atom is -0.481 e. The summed E-state index contributed by atoms with van der Waals surface area (Å²) in [6.45, 7) is 1.60. The number of hydrazine groups is 1. The molecule has 7 heteroatoms. The molecule has 1 atom stereocenters. The molecule has 2 amide bonds. The van der Waals surface area contributed by atoms with Gasteiger partial charge >= 0.3 is 0 Å². The van der Waals surface area contributed by atoms with Crippen molar-refractivity contribution in [1.29, 1.82) is 0 Å². The lowest BCUT2D eigenvalue weighted by molar-refractivity contribution is -0.128. The van der Waals surface area contributed by atoms with Gasteiger partial charge in [0.2, 0.25) is 0 Å². The largest absolute Gasteiger partial charge is 0.481 e. The zero-order chi connectivity index (χ0) is 18.5. The van der Waals surface area contributed by atoms with Crippen molar-refractivity contribution in [3.8, 4) is 5.75 Å². The molecule has 3 aromatic rings. The van der Waals surface area contributed by atoms with Gasteiger partial charge in [-0.2, -0.15) is 0 Å². The molecule has 6 nitrogen and oxygen atoms in total. The molecule has 1 aromatic heterocycles. The Balaban J connectivity index is 1.59. The summed E-state index contributed by atoms with van der Waals surface area (Å²) in [5.41, 5.74) is 4.94. The normalized spacial score (nSPS) is 11.6.